The van der Waals surface area contributed by atoms with E-state index >= 15 is 0 Å². The standard InChI is InChI=1S/C22H13ClF3N3OS2/c23-12-8-7-11(22(24,25)26)10-14(12)29-21-17(18(27)19(32-21)15-5-3-9-30-15)20-28-13-4-1-2-6-16(13)31-20/h1-10,29H,27H2. The van der Waals surface area contributed by atoms with Gasteiger partial charge in [0.25, 0.3) is 0 Å². The normalized spacial score (nSPS) is 11.9. The lowest BCUT2D eigenvalue weighted by Crippen LogP contribution is -2.05. The minimum Gasteiger partial charge on any atom is -0.463 e. The van der Waals surface area contributed by atoms with Crippen LogP contribution in [0.4, 0.5) is 29.5 Å². The predicted molar refractivity (Wildman–Crippen MR) is 125 cm³/mol. The van der Waals surface area contributed by atoms with Gasteiger partial charge in [0.15, 0.2) is 0 Å². The van der Waals surface area contributed by atoms with Gasteiger partial charge in [0, 0.05) is 0 Å². The highest BCUT2D eigenvalue weighted by Gasteiger charge is 2.31. The fourth-order valence-electron chi connectivity index (χ4n) is 3.23. The van der Waals surface area contributed by atoms with Crippen molar-refractivity contribution in [2.24, 2.45) is 0 Å². The third-order valence-corrected chi connectivity index (χ3v) is 7.26. The number of nitrogen functional groups attached to an aromatic ring is 1. The molecule has 0 amide bonds. The molecule has 0 radical (unpaired) electrons. The number of anilines is 3. The van der Waals surface area contributed by atoms with Crippen LogP contribution in [0.5, 0.6) is 0 Å². The molecule has 0 aliphatic heterocycles. The van der Waals surface area contributed by atoms with Crippen molar-refractivity contribution in [1.82, 2.24) is 4.98 Å². The first-order chi connectivity index (χ1) is 15.3. The number of thiazole rings is 1. The fraction of sp³-hybridized carbons (Fsp3) is 0.0455. The molecule has 32 heavy (non-hydrogen) atoms. The van der Waals surface area contributed by atoms with Crippen molar-refractivity contribution in [2.75, 3.05) is 11.1 Å². The van der Waals surface area contributed by atoms with Crippen LogP contribution in [0.2, 0.25) is 5.02 Å². The summed E-state index contributed by atoms with van der Waals surface area (Å²) in [5, 5.41) is 4.37. The summed E-state index contributed by atoms with van der Waals surface area (Å²) in [5.41, 5.74) is 7.65. The lowest BCUT2D eigenvalue weighted by atomic mass is 10.2. The summed E-state index contributed by atoms with van der Waals surface area (Å²) in [7, 11) is 0. The molecular formula is C22H13ClF3N3OS2. The van der Waals surface area contributed by atoms with Gasteiger partial charge in [-0.2, -0.15) is 13.2 Å². The molecule has 3 heterocycles. The second kappa shape index (κ2) is 7.84. The topological polar surface area (TPSA) is 64.1 Å². The maximum Gasteiger partial charge on any atom is 0.416 e. The number of nitrogens with one attached hydrogen (secondary N) is 1. The monoisotopic (exact) mass is 491 g/mol. The molecule has 5 aromatic rings. The Morgan fingerprint density at radius 3 is 2.56 bits per heavy atom. The van der Waals surface area contributed by atoms with Crippen LogP contribution in [-0.4, -0.2) is 4.98 Å². The van der Waals surface area contributed by atoms with Crippen LogP contribution in [0.3, 0.4) is 0 Å². The van der Waals surface area contributed by atoms with Crippen LogP contribution in [0.25, 0.3) is 31.4 Å². The van der Waals surface area contributed by atoms with Crippen molar-refractivity contribution >= 4 is 60.9 Å². The van der Waals surface area contributed by atoms with Crippen molar-refractivity contribution in [3.05, 3.63) is 71.4 Å². The fourth-order valence-corrected chi connectivity index (χ4v) is 5.60. The van der Waals surface area contributed by atoms with Crippen molar-refractivity contribution in [1.29, 1.82) is 0 Å². The predicted octanol–water partition coefficient (Wildman–Crippen LogP) is 8.28. The second-order valence-corrected chi connectivity index (χ2v) is 9.29. The molecule has 0 aliphatic rings. The third-order valence-electron chi connectivity index (χ3n) is 4.74. The van der Waals surface area contributed by atoms with Gasteiger partial charge in [0.2, 0.25) is 0 Å². The number of fused-ring (bicyclic) bond motifs is 1. The van der Waals surface area contributed by atoms with Crippen molar-refractivity contribution in [3.63, 3.8) is 0 Å². The minimum absolute atomic E-state index is 0.121. The van der Waals surface area contributed by atoms with Crippen LogP contribution in [0.15, 0.2) is 65.3 Å². The number of hydrogen-bond acceptors (Lipinski definition) is 6. The second-order valence-electron chi connectivity index (χ2n) is 6.83. The van der Waals surface area contributed by atoms with E-state index in [1.807, 2.05) is 24.3 Å². The van der Waals surface area contributed by atoms with E-state index in [2.05, 4.69) is 10.3 Å². The van der Waals surface area contributed by atoms with Gasteiger partial charge in [0.05, 0.1) is 48.9 Å². The van der Waals surface area contributed by atoms with Crippen LogP contribution in [-0.2, 0) is 6.18 Å². The molecule has 3 N–H and O–H groups in total. The molecule has 0 unspecified atom stereocenters. The molecule has 0 spiro atoms. The molecule has 0 atom stereocenters. The first-order valence-corrected chi connectivity index (χ1v) is 11.3. The van der Waals surface area contributed by atoms with Crippen molar-refractivity contribution in [3.8, 4) is 21.2 Å². The van der Waals surface area contributed by atoms with E-state index < -0.39 is 11.7 Å². The van der Waals surface area contributed by atoms with Crippen molar-refractivity contribution < 1.29 is 17.6 Å². The minimum atomic E-state index is -4.50. The van der Waals surface area contributed by atoms with Gasteiger partial charge in [-0.3, -0.25) is 0 Å². The summed E-state index contributed by atoms with van der Waals surface area (Å²) < 4.78 is 46.2. The van der Waals surface area contributed by atoms with E-state index in [-0.39, 0.29) is 10.7 Å². The molecule has 2 aromatic carbocycles. The summed E-state index contributed by atoms with van der Waals surface area (Å²) in [6, 6.07) is 14.3. The lowest BCUT2D eigenvalue weighted by Gasteiger charge is -2.12. The Morgan fingerprint density at radius 2 is 1.84 bits per heavy atom. The van der Waals surface area contributed by atoms with Crippen LogP contribution < -0.4 is 11.1 Å². The van der Waals surface area contributed by atoms with E-state index in [0.29, 0.717) is 31.9 Å². The Morgan fingerprint density at radius 1 is 1.03 bits per heavy atom. The number of halogens is 4. The summed E-state index contributed by atoms with van der Waals surface area (Å²) in [5.74, 6) is 0.554. The molecule has 0 saturated heterocycles. The third kappa shape index (κ3) is 3.72. The van der Waals surface area contributed by atoms with E-state index in [1.165, 1.54) is 35.0 Å². The highest BCUT2D eigenvalue weighted by Crippen LogP contribution is 2.51. The molecule has 5 rings (SSSR count). The van der Waals surface area contributed by atoms with Gasteiger partial charge in [-0.25, -0.2) is 4.98 Å². The molecule has 0 saturated carbocycles. The Balaban J connectivity index is 1.67. The number of furan rings is 1. The quantitative estimate of drug-likeness (QED) is 0.265. The average molecular weight is 492 g/mol. The zero-order valence-electron chi connectivity index (χ0n) is 16.0. The van der Waals surface area contributed by atoms with Gasteiger partial charge >= 0.3 is 6.18 Å². The number of thiophene rings is 1. The number of nitrogens with zero attached hydrogens (tertiary/aromatic N) is 1. The molecular weight excluding hydrogens is 479 g/mol. The van der Waals surface area contributed by atoms with E-state index in [0.717, 1.165) is 22.3 Å². The smallest absolute Gasteiger partial charge is 0.416 e. The Labute approximate surface area is 193 Å². The van der Waals surface area contributed by atoms with Gasteiger partial charge in [0.1, 0.15) is 15.8 Å². The molecule has 3 aromatic heterocycles. The van der Waals surface area contributed by atoms with E-state index in [9.17, 15) is 13.2 Å². The number of para-hydroxylation sites is 1. The number of benzene rings is 2. The number of nitrogens with two attached hydrogens (primary N) is 1. The van der Waals surface area contributed by atoms with Gasteiger partial charge < -0.3 is 15.5 Å². The molecule has 0 aliphatic carbocycles. The first kappa shape index (κ1) is 20.9. The number of alkyl halides is 3. The van der Waals surface area contributed by atoms with Crippen molar-refractivity contribution in [2.45, 2.75) is 6.18 Å². The number of aromatic nitrogens is 1. The largest absolute Gasteiger partial charge is 0.463 e. The van der Waals surface area contributed by atoms with E-state index in [4.69, 9.17) is 21.8 Å². The summed E-state index contributed by atoms with van der Waals surface area (Å²) in [4.78, 5) is 5.33. The Bertz CT molecular complexity index is 1390. The molecule has 0 bridgehead atoms. The van der Waals surface area contributed by atoms with Crippen LogP contribution in [0.1, 0.15) is 5.56 Å². The first-order valence-electron chi connectivity index (χ1n) is 9.27. The van der Waals surface area contributed by atoms with Gasteiger partial charge in [-0.05, 0) is 42.5 Å². The number of hydrogen-bond donors (Lipinski definition) is 2. The van der Waals surface area contributed by atoms with E-state index in [1.54, 1.807) is 12.1 Å². The molecule has 4 nitrogen and oxygen atoms in total. The van der Waals surface area contributed by atoms with Crippen LogP contribution >= 0.6 is 34.3 Å². The number of rotatable bonds is 4. The van der Waals surface area contributed by atoms with Gasteiger partial charge in [-0.1, -0.05) is 23.7 Å². The molecule has 10 heteroatoms. The maximum absolute atomic E-state index is 13.2. The molecule has 0 fully saturated rings. The highest BCUT2D eigenvalue weighted by atomic mass is 35.5. The molecule has 162 valence electrons. The summed E-state index contributed by atoms with van der Waals surface area (Å²) in [6.07, 6.45) is -2.96. The summed E-state index contributed by atoms with van der Waals surface area (Å²) in [6.45, 7) is 0. The SMILES string of the molecule is Nc1c(-c2ccco2)sc(Nc2cc(C(F)(F)F)ccc2Cl)c1-c1nc2ccccc2s1. The average Bonchev–Trinajstić information content (AvgIpc) is 3.47. The zero-order valence-corrected chi connectivity index (χ0v) is 18.4. The maximum atomic E-state index is 13.2. The highest BCUT2D eigenvalue weighted by molar-refractivity contribution is 7.24. The zero-order chi connectivity index (χ0) is 22.5. The summed E-state index contributed by atoms with van der Waals surface area (Å²) >= 11 is 8.92. The van der Waals surface area contributed by atoms with Crippen LogP contribution in [0, 0.1) is 0 Å². The van der Waals surface area contributed by atoms with Gasteiger partial charge in [-0.15, -0.1) is 22.7 Å². The Hall–Kier alpha value is -3.01. The lowest BCUT2D eigenvalue weighted by molar-refractivity contribution is -0.137. The Kier molecular flexibility index (Phi) is 5.11.